The van der Waals surface area contributed by atoms with E-state index >= 15 is 0 Å². The Morgan fingerprint density at radius 3 is 2.62 bits per heavy atom. The molecule has 1 N–H and O–H groups in total. The number of anilines is 1. The number of hydrogen-bond acceptors (Lipinski definition) is 4. The molecule has 1 amide bonds. The highest BCUT2D eigenvalue weighted by Crippen LogP contribution is 2.28. The second kappa shape index (κ2) is 7.88. The molecule has 0 radical (unpaired) electrons. The minimum absolute atomic E-state index is 0.0518. The first-order valence-corrected chi connectivity index (χ1v) is 7.55. The maximum Gasteiger partial charge on any atom is 0.216 e. The van der Waals surface area contributed by atoms with Crippen molar-refractivity contribution in [2.75, 3.05) is 51.3 Å². The lowest BCUT2D eigenvalue weighted by molar-refractivity contribution is -0.118. The Balaban J connectivity index is 1.76. The van der Waals surface area contributed by atoms with Gasteiger partial charge in [0.1, 0.15) is 5.75 Å². The van der Waals surface area contributed by atoms with Crippen LogP contribution in [0.1, 0.15) is 13.3 Å². The van der Waals surface area contributed by atoms with E-state index in [0.29, 0.717) is 0 Å². The molecule has 0 unspecified atom stereocenters. The van der Waals surface area contributed by atoms with Gasteiger partial charge in [-0.3, -0.25) is 9.69 Å². The Morgan fingerprint density at radius 1 is 1.24 bits per heavy atom. The Bertz CT molecular complexity index is 457. The summed E-state index contributed by atoms with van der Waals surface area (Å²) >= 11 is 0. The molecule has 2 rings (SSSR count). The van der Waals surface area contributed by atoms with Gasteiger partial charge in [0.05, 0.1) is 12.8 Å². The predicted molar refractivity (Wildman–Crippen MR) is 84.9 cm³/mol. The molecule has 1 heterocycles. The minimum atomic E-state index is 0.0518. The van der Waals surface area contributed by atoms with E-state index in [4.69, 9.17) is 4.74 Å². The molecule has 1 aromatic carbocycles. The molecule has 0 bridgehead atoms. The van der Waals surface area contributed by atoms with E-state index in [1.165, 1.54) is 5.69 Å². The third kappa shape index (κ3) is 4.63. The molecule has 1 aliphatic heterocycles. The van der Waals surface area contributed by atoms with Crippen molar-refractivity contribution in [3.8, 4) is 5.75 Å². The Labute approximate surface area is 126 Å². The van der Waals surface area contributed by atoms with Gasteiger partial charge in [0.25, 0.3) is 0 Å². The summed E-state index contributed by atoms with van der Waals surface area (Å²) in [5.74, 6) is 0.993. The number of piperazine rings is 1. The summed E-state index contributed by atoms with van der Waals surface area (Å²) in [6, 6.07) is 8.18. The number of para-hydroxylation sites is 2. The number of amides is 1. The zero-order valence-electron chi connectivity index (χ0n) is 13.0. The third-order valence-corrected chi connectivity index (χ3v) is 3.82. The van der Waals surface area contributed by atoms with Crippen LogP contribution in [0.4, 0.5) is 5.69 Å². The van der Waals surface area contributed by atoms with Crippen LogP contribution in [0.3, 0.4) is 0 Å². The topological polar surface area (TPSA) is 44.8 Å². The van der Waals surface area contributed by atoms with E-state index < -0.39 is 0 Å². The maximum absolute atomic E-state index is 10.8. The van der Waals surface area contributed by atoms with E-state index in [1.54, 1.807) is 14.0 Å². The molecule has 1 fully saturated rings. The van der Waals surface area contributed by atoms with Gasteiger partial charge in [-0.2, -0.15) is 0 Å². The number of rotatable bonds is 6. The van der Waals surface area contributed by atoms with Crippen molar-refractivity contribution in [2.24, 2.45) is 0 Å². The van der Waals surface area contributed by atoms with Crippen molar-refractivity contribution in [1.29, 1.82) is 0 Å². The lowest BCUT2D eigenvalue weighted by Gasteiger charge is -2.36. The SMILES string of the molecule is COc1ccccc1N1CCN(CCCNC(C)=O)CC1. The van der Waals surface area contributed by atoms with Crippen LogP contribution >= 0.6 is 0 Å². The van der Waals surface area contributed by atoms with Gasteiger partial charge < -0.3 is 15.0 Å². The predicted octanol–water partition coefficient (Wildman–Crippen LogP) is 1.34. The van der Waals surface area contributed by atoms with E-state index in [2.05, 4.69) is 27.2 Å². The normalized spacial score (nSPS) is 15.8. The first-order valence-electron chi connectivity index (χ1n) is 7.55. The Kier molecular flexibility index (Phi) is 5.87. The van der Waals surface area contributed by atoms with Crippen molar-refractivity contribution in [2.45, 2.75) is 13.3 Å². The van der Waals surface area contributed by atoms with Crippen LogP contribution in [0.5, 0.6) is 5.75 Å². The lowest BCUT2D eigenvalue weighted by Crippen LogP contribution is -2.47. The average Bonchev–Trinajstić information content (AvgIpc) is 2.52. The standard InChI is InChI=1S/C16H25N3O2/c1-14(20)17-8-5-9-18-10-12-19(13-11-18)15-6-3-4-7-16(15)21-2/h3-4,6-7H,5,8-13H2,1-2H3,(H,17,20). The zero-order valence-corrected chi connectivity index (χ0v) is 13.0. The van der Waals surface area contributed by atoms with Gasteiger partial charge in [-0.25, -0.2) is 0 Å². The van der Waals surface area contributed by atoms with Gasteiger partial charge in [0, 0.05) is 39.6 Å². The second-order valence-electron chi connectivity index (χ2n) is 5.34. The minimum Gasteiger partial charge on any atom is -0.495 e. The van der Waals surface area contributed by atoms with E-state index in [0.717, 1.165) is 51.4 Å². The summed E-state index contributed by atoms with van der Waals surface area (Å²) in [4.78, 5) is 15.6. The number of methoxy groups -OCH3 is 1. The van der Waals surface area contributed by atoms with Gasteiger partial charge in [0.15, 0.2) is 0 Å². The molecule has 21 heavy (non-hydrogen) atoms. The van der Waals surface area contributed by atoms with Crippen LogP contribution < -0.4 is 15.0 Å². The maximum atomic E-state index is 10.8. The molecule has 0 aliphatic carbocycles. The smallest absolute Gasteiger partial charge is 0.216 e. The summed E-state index contributed by atoms with van der Waals surface area (Å²) in [5, 5.41) is 2.84. The lowest BCUT2D eigenvalue weighted by atomic mass is 10.2. The molecule has 116 valence electrons. The van der Waals surface area contributed by atoms with Crippen LogP contribution in [0.2, 0.25) is 0 Å². The average molecular weight is 291 g/mol. The quantitative estimate of drug-likeness (QED) is 0.804. The largest absolute Gasteiger partial charge is 0.495 e. The molecular weight excluding hydrogens is 266 g/mol. The fourth-order valence-corrected chi connectivity index (χ4v) is 2.67. The molecular formula is C16H25N3O2. The number of benzene rings is 1. The highest BCUT2D eigenvalue weighted by molar-refractivity contribution is 5.72. The van der Waals surface area contributed by atoms with E-state index in [-0.39, 0.29) is 5.91 Å². The van der Waals surface area contributed by atoms with E-state index in [1.807, 2.05) is 12.1 Å². The molecule has 1 aliphatic rings. The number of ether oxygens (including phenoxy) is 1. The van der Waals surface area contributed by atoms with Crippen LogP contribution in [0.15, 0.2) is 24.3 Å². The Morgan fingerprint density at radius 2 is 1.95 bits per heavy atom. The second-order valence-corrected chi connectivity index (χ2v) is 5.34. The van der Waals surface area contributed by atoms with Crippen molar-refractivity contribution < 1.29 is 9.53 Å². The van der Waals surface area contributed by atoms with Crippen molar-refractivity contribution in [1.82, 2.24) is 10.2 Å². The van der Waals surface area contributed by atoms with E-state index in [9.17, 15) is 4.79 Å². The third-order valence-electron chi connectivity index (χ3n) is 3.82. The van der Waals surface area contributed by atoms with Gasteiger partial charge in [-0.1, -0.05) is 12.1 Å². The van der Waals surface area contributed by atoms with Crippen LogP contribution in [0, 0.1) is 0 Å². The van der Waals surface area contributed by atoms with Crippen LogP contribution in [0.25, 0.3) is 0 Å². The summed E-state index contributed by atoms with van der Waals surface area (Å²) in [6.45, 7) is 7.51. The fourth-order valence-electron chi connectivity index (χ4n) is 2.67. The van der Waals surface area contributed by atoms with Crippen molar-refractivity contribution in [3.05, 3.63) is 24.3 Å². The zero-order chi connectivity index (χ0) is 15.1. The fraction of sp³-hybridized carbons (Fsp3) is 0.562. The molecule has 0 spiro atoms. The molecule has 0 saturated carbocycles. The van der Waals surface area contributed by atoms with Crippen molar-refractivity contribution >= 4 is 11.6 Å². The number of carbonyl (C=O) groups is 1. The number of hydrogen-bond donors (Lipinski definition) is 1. The van der Waals surface area contributed by atoms with Gasteiger partial charge >= 0.3 is 0 Å². The summed E-state index contributed by atoms with van der Waals surface area (Å²) in [5.41, 5.74) is 1.18. The van der Waals surface area contributed by atoms with Crippen LogP contribution in [-0.2, 0) is 4.79 Å². The molecule has 5 nitrogen and oxygen atoms in total. The van der Waals surface area contributed by atoms with Crippen LogP contribution in [-0.4, -0.2) is 57.2 Å². The first-order chi connectivity index (χ1) is 10.2. The molecule has 1 saturated heterocycles. The highest BCUT2D eigenvalue weighted by atomic mass is 16.5. The first kappa shape index (κ1) is 15.6. The summed E-state index contributed by atoms with van der Waals surface area (Å²) in [7, 11) is 1.72. The molecule has 0 aromatic heterocycles. The summed E-state index contributed by atoms with van der Waals surface area (Å²) < 4.78 is 5.43. The number of carbonyl (C=O) groups excluding carboxylic acids is 1. The van der Waals surface area contributed by atoms with Gasteiger partial charge in [-0.05, 0) is 25.1 Å². The molecule has 1 aromatic rings. The number of nitrogens with one attached hydrogen (secondary N) is 1. The molecule has 0 atom stereocenters. The Hall–Kier alpha value is -1.75. The monoisotopic (exact) mass is 291 g/mol. The number of nitrogens with zero attached hydrogens (tertiary/aromatic N) is 2. The van der Waals surface area contributed by atoms with Gasteiger partial charge in [0.2, 0.25) is 5.91 Å². The summed E-state index contributed by atoms with van der Waals surface area (Å²) in [6.07, 6.45) is 1.01. The highest BCUT2D eigenvalue weighted by Gasteiger charge is 2.18. The molecule has 5 heteroatoms. The van der Waals surface area contributed by atoms with Gasteiger partial charge in [-0.15, -0.1) is 0 Å². The van der Waals surface area contributed by atoms with Crippen molar-refractivity contribution in [3.63, 3.8) is 0 Å².